The number of hydrogen-bond donors (Lipinski definition) is 0. The van der Waals surface area contributed by atoms with Gasteiger partial charge in [0.2, 0.25) is 0 Å². The maximum Gasteiger partial charge on any atom is 0.266 e. The zero-order valence-electron chi connectivity index (χ0n) is 11.2. The van der Waals surface area contributed by atoms with Crippen LogP contribution in [-0.2, 0) is 0 Å². The van der Waals surface area contributed by atoms with Crippen LogP contribution in [-0.4, -0.2) is 22.3 Å². The Hall–Kier alpha value is -1.39. The zero-order valence-corrected chi connectivity index (χ0v) is 12.7. The van der Waals surface area contributed by atoms with Crippen LogP contribution in [0.3, 0.4) is 0 Å². The van der Waals surface area contributed by atoms with Crippen LogP contribution in [0.2, 0.25) is 5.02 Å². The Kier molecular flexibility index (Phi) is 3.76. The summed E-state index contributed by atoms with van der Waals surface area (Å²) in [7, 11) is 0. The summed E-state index contributed by atoms with van der Waals surface area (Å²) < 4.78 is 0. The lowest BCUT2D eigenvalue weighted by atomic mass is 10.0. The molecule has 1 atom stereocenters. The molecule has 0 N–H and O–H groups in total. The van der Waals surface area contributed by atoms with Gasteiger partial charge in [0.05, 0.1) is 17.2 Å². The molecule has 1 aliphatic heterocycles. The molecular formula is C15H15ClN2OS. The van der Waals surface area contributed by atoms with Crippen LogP contribution < -0.4 is 0 Å². The first-order valence-corrected chi connectivity index (χ1v) is 7.89. The van der Waals surface area contributed by atoms with Gasteiger partial charge in [-0.25, -0.2) is 4.98 Å². The van der Waals surface area contributed by atoms with E-state index in [1.54, 1.807) is 5.51 Å². The molecule has 2 heterocycles. The molecule has 1 saturated heterocycles. The molecule has 2 aromatic rings. The van der Waals surface area contributed by atoms with Crippen LogP contribution in [0.25, 0.3) is 0 Å². The molecule has 0 spiro atoms. The number of carbonyl (C=O) groups is 1. The SMILES string of the molecule is Cc1ncsc1C(=O)N1CCC[C@H]1c1cccc(Cl)c1. The molecule has 0 radical (unpaired) electrons. The minimum atomic E-state index is 0.0903. The lowest BCUT2D eigenvalue weighted by Crippen LogP contribution is -2.30. The number of aromatic nitrogens is 1. The highest BCUT2D eigenvalue weighted by Crippen LogP contribution is 2.34. The predicted molar refractivity (Wildman–Crippen MR) is 81.3 cm³/mol. The molecule has 0 unspecified atom stereocenters. The highest BCUT2D eigenvalue weighted by atomic mass is 35.5. The Morgan fingerprint density at radius 1 is 1.50 bits per heavy atom. The lowest BCUT2D eigenvalue weighted by Gasteiger charge is -2.25. The zero-order chi connectivity index (χ0) is 14.1. The van der Waals surface area contributed by atoms with E-state index in [2.05, 4.69) is 4.98 Å². The van der Waals surface area contributed by atoms with Gasteiger partial charge in [-0.3, -0.25) is 4.79 Å². The number of amides is 1. The van der Waals surface area contributed by atoms with Crippen molar-refractivity contribution in [3.63, 3.8) is 0 Å². The number of nitrogens with zero attached hydrogens (tertiary/aromatic N) is 2. The molecule has 3 nitrogen and oxygen atoms in total. The van der Waals surface area contributed by atoms with Crippen LogP contribution in [0.1, 0.15) is 39.8 Å². The van der Waals surface area contributed by atoms with E-state index in [9.17, 15) is 4.79 Å². The standard InChI is InChI=1S/C15H15ClN2OS/c1-10-14(20-9-17-10)15(19)18-7-3-6-13(18)11-4-2-5-12(16)8-11/h2,4-5,8-9,13H,3,6-7H2,1H3/t13-/m0/s1. The van der Waals surface area contributed by atoms with E-state index < -0.39 is 0 Å². The Labute approximate surface area is 127 Å². The summed E-state index contributed by atoms with van der Waals surface area (Å²) in [6.45, 7) is 2.68. The first-order valence-electron chi connectivity index (χ1n) is 6.63. The van der Waals surface area contributed by atoms with E-state index in [1.807, 2.05) is 36.1 Å². The van der Waals surface area contributed by atoms with Crippen molar-refractivity contribution in [2.75, 3.05) is 6.54 Å². The molecule has 1 aliphatic rings. The van der Waals surface area contributed by atoms with E-state index in [-0.39, 0.29) is 11.9 Å². The summed E-state index contributed by atoms with van der Waals surface area (Å²) in [6, 6.07) is 7.93. The molecule has 5 heteroatoms. The van der Waals surface area contributed by atoms with Crippen LogP contribution in [0.4, 0.5) is 0 Å². The van der Waals surface area contributed by atoms with Crippen molar-refractivity contribution < 1.29 is 4.79 Å². The Morgan fingerprint density at radius 3 is 3.05 bits per heavy atom. The second-order valence-electron chi connectivity index (χ2n) is 4.98. The number of rotatable bonds is 2. The highest BCUT2D eigenvalue weighted by molar-refractivity contribution is 7.11. The summed E-state index contributed by atoms with van der Waals surface area (Å²) in [4.78, 5) is 19.5. The van der Waals surface area contributed by atoms with Gasteiger partial charge in [-0.05, 0) is 37.5 Å². The van der Waals surface area contributed by atoms with Crippen molar-refractivity contribution in [1.82, 2.24) is 9.88 Å². The van der Waals surface area contributed by atoms with Crippen molar-refractivity contribution in [1.29, 1.82) is 0 Å². The van der Waals surface area contributed by atoms with E-state index in [0.717, 1.165) is 40.5 Å². The van der Waals surface area contributed by atoms with Gasteiger partial charge in [-0.2, -0.15) is 0 Å². The Morgan fingerprint density at radius 2 is 2.35 bits per heavy atom. The van der Waals surface area contributed by atoms with Crippen LogP contribution >= 0.6 is 22.9 Å². The van der Waals surface area contributed by atoms with Gasteiger partial charge in [0.15, 0.2) is 0 Å². The summed E-state index contributed by atoms with van der Waals surface area (Å²) in [6.07, 6.45) is 2.02. The molecule has 104 valence electrons. The third-order valence-electron chi connectivity index (χ3n) is 3.69. The second-order valence-corrected chi connectivity index (χ2v) is 6.27. The third-order valence-corrected chi connectivity index (χ3v) is 4.84. The minimum Gasteiger partial charge on any atom is -0.331 e. The molecule has 20 heavy (non-hydrogen) atoms. The Bertz CT molecular complexity index is 640. The molecular weight excluding hydrogens is 292 g/mol. The average Bonchev–Trinajstić information content (AvgIpc) is 3.06. The third kappa shape index (κ3) is 2.45. The molecule has 0 bridgehead atoms. The summed E-state index contributed by atoms with van der Waals surface area (Å²) >= 11 is 7.48. The summed E-state index contributed by atoms with van der Waals surface area (Å²) in [5.74, 6) is 0.0903. The highest BCUT2D eigenvalue weighted by Gasteiger charge is 2.32. The van der Waals surface area contributed by atoms with Crippen molar-refractivity contribution in [2.45, 2.75) is 25.8 Å². The van der Waals surface area contributed by atoms with E-state index in [4.69, 9.17) is 11.6 Å². The normalized spacial score (nSPS) is 18.5. The van der Waals surface area contributed by atoms with Crippen LogP contribution in [0.15, 0.2) is 29.8 Å². The number of halogens is 1. The fourth-order valence-corrected chi connectivity index (χ4v) is 3.66. The molecule has 0 saturated carbocycles. The number of benzene rings is 1. The number of thiazole rings is 1. The van der Waals surface area contributed by atoms with Crippen LogP contribution in [0, 0.1) is 6.92 Å². The number of carbonyl (C=O) groups excluding carboxylic acids is 1. The molecule has 1 aromatic carbocycles. The lowest BCUT2D eigenvalue weighted by molar-refractivity contribution is 0.0739. The molecule has 3 rings (SSSR count). The topological polar surface area (TPSA) is 33.2 Å². The van der Waals surface area contributed by atoms with Gasteiger partial charge in [0.1, 0.15) is 4.88 Å². The summed E-state index contributed by atoms with van der Waals surface area (Å²) in [5, 5.41) is 0.718. The van der Waals surface area contributed by atoms with Crippen molar-refractivity contribution in [3.8, 4) is 0 Å². The first-order chi connectivity index (χ1) is 9.66. The van der Waals surface area contributed by atoms with Crippen molar-refractivity contribution in [3.05, 3.63) is 50.9 Å². The molecule has 1 amide bonds. The van der Waals surface area contributed by atoms with Gasteiger partial charge in [0, 0.05) is 11.6 Å². The quantitative estimate of drug-likeness (QED) is 0.837. The number of hydrogen-bond acceptors (Lipinski definition) is 3. The minimum absolute atomic E-state index is 0.0903. The van der Waals surface area contributed by atoms with Gasteiger partial charge >= 0.3 is 0 Å². The Balaban J connectivity index is 1.90. The average molecular weight is 307 g/mol. The van der Waals surface area contributed by atoms with Crippen molar-refractivity contribution in [2.24, 2.45) is 0 Å². The molecule has 0 aliphatic carbocycles. The first kappa shape index (κ1) is 13.6. The maximum absolute atomic E-state index is 12.7. The fourth-order valence-electron chi connectivity index (χ4n) is 2.71. The second kappa shape index (κ2) is 5.54. The predicted octanol–water partition coefficient (Wildman–Crippen LogP) is 4.08. The summed E-state index contributed by atoms with van der Waals surface area (Å²) in [5.41, 5.74) is 3.66. The number of aryl methyl sites for hydroxylation is 1. The largest absolute Gasteiger partial charge is 0.331 e. The van der Waals surface area contributed by atoms with E-state index in [1.165, 1.54) is 11.3 Å². The van der Waals surface area contributed by atoms with Gasteiger partial charge in [-0.1, -0.05) is 23.7 Å². The van der Waals surface area contributed by atoms with E-state index >= 15 is 0 Å². The maximum atomic E-state index is 12.7. The monoisotopic (exact) mass is 306 g/mol. The van der Waals surface area contributed by atoms with E-state index in [0.29, 0.717) is 0 Å². The van der Waals surface area contributed by atoms with Crippen LogP contribution in [0.5, 0.6) is 0 Å². The van der Waals surface area contributed by atoms with Gasteiger partial charge in [-0.15, -0.1) is 11.3 Å². The number of likely N-dealkylation sites (tertiary alicyclic amines) is 1. The van der Waals surface area contributed by atoms with Gasteiger partial charge < -0.3 is 4.90 Å². The van der Waals surface area contributed by atoms with Crippen molar-refractivity contribution >= 4 is 28.8 Å². The van der Waals surface area contributed by atoms with Gasteiger partial charge in [0.25, 0.3) is 5.91 Å². The smallest absolute Gasteiger partial charge is 0.266 e. The molecule has 1 aromatic heterocycles. The molecule has 1 fully saturated rings. The fraction of sp³-hybridized carbons (Fsp3) is 0.333.